The van der Waals surface area contributed by atoms with Gasteiger partial charge in [0.1, 0.15) is 19.3 Å². The zero-order valence-electron chi connectivity index (χ0n) is 54.4. The zero-order chi connectivity index (χ0) is 62.4. The highest BCUT2D eigenvalue weighted by molar-refractivity contribution is 7.47. The molecule has 0 aliphatic carbocycles. The van der Waals surface area contributed by atoms with Crippen molar-refractivity contribution in [2.75, 3.05) is 39.6 Å². The molecule has 84 heavy (non-hydrogen) atoms. The summed E-state index contributed by atoms with van der Waals surface area (Å²) in [7, 11) is -9.88. The van der Waals surface area contributed by atoms with E-state index in [1.54, 1.807) is 0 Å². The fourth-order valence-corrected chi connectivity index (χ4v) is 11.2. The van der Waals surface area contributed by atoms with Crippen LogP contribution in [0.4, 0.5) is 0 Å². The summed E-state index contributed by atoms with van der Waals surface area (Å²) in [4.78, 5) is 72.1. The van der Waals surface area contributed by atoms with E-state index in [1.807, 2.05) is 0 Å². The van der Waals surface area contributed by atoms with Crippen LogP contribution in [0.15, 0.2) is 0 Å². The van der Waals surface area contributed by atoms with Crippen molar-refractivity contribution in [3.8, 4) is 0 Å². The van der Waals surface area contributed by atoms with Gasteiger partial charge in [-0.25, -0.2) is 9.13 Å². The standard InChI is InChI=1S/C65H126O17P2/c1-8-9-10-11-12-23-32-39-46-62(67)75-52-61(82-65(70)49-42-35-28-26-31-38-45-58(6)7)55-80-84(73,74)78-51-59(66)50-77-83(71,72)79-54-60(53-76-63(68)47-40-33-27-25-30-37-44-57(4)5)81-64(69)48-41-34-24-21-19-17-15-13-14-16-18-20-22-29-36-43-56(2)3/h56-61,66H,8-55H2,1-7H3,(H,71,72)(H,73,74)/t59-,60-,61-/m1/s1. The molecular weight excluding hydrogens is 1110 g/mol. The first-order valence-electron chi connectivity index (χ1n) is 33.8. The molecule has 0 spiro atoms. The summed E-state index contributed by atoms with van der Waals surface area (Å²) in [6.45, 7) is 11.6. The van der Waals surface area contributed by atoms with Crippen LogP contribution in [0, 0.1) is 17.8 Å². The van der Waals surface area contributed by atoms with Gasteiger partial charge in [-0.1, -0.05) is 267 Å². The van der Waals surface area contributed by atoms with E-state index in [0.717, 1.165) is 109 Å². The SMILES string of the molecule is CCCCCCCCCCC(=O)OC[C@H](COP(=O)(O)OC[C@H](O)COP(=O)(O)OC[C@@H](COC(=O)CCCCCCCCC(C)C)OC(=O)CCCCCCCCCCCCCCCCCC(C)C)OC(=O)CCCCCCCCC(C)C. The maximum Gasteiger partial charge on any atom is 0.472 e. The fraction of sp³-hybridized carbons (Fsp3) is 0.938. The Morgan fingerprint density at radius 2 is 0.548 bits per heavy atom. The molecule has 17 nitrogen and oxygen atoms in total. The Labute approximate surface area is 511 Å². The fourth-order valence-electron chi connectivity index (χ4n) is 9.66. The second kappa shape index (κ2) is 56.3. The van der Waals surface area contributed by atoms with Crippen LogP contribution in [0.25, 0.3) is 0 Å². The van der Waals surface area contributed by atoms with Gasteiger partial charge in [-0.05, 0) is 43.4 Å². The van der Waals surface area contributed by atoms with Crippen LogP contribution in [-0.2, 0) is 65.4 Å². The highest BCUT2D eigenvalue weighted by Gasteiger charge is 2.30. The van der Waals surface area contributed by atoms with Gasteiger partial charge in [0.25, 0.3) is 0 Å². The largest absolute Gasteiger partial charge is 0.472 e. The van der Waals surface area contributed by atoms with Crippen molar-refractivity contribution in [1.82, 2.24) is 0 Å². The van der Waals surface area contributed by atoms with Crippen LogP contribution in [0.5, 0.6) is 0 Å². The van der Waals surface area contributed by atoms with Gasteiger partial charge in [0.2, 0.25) is 0 Å². The molecule has 5 atom stereocenters. The average Bonchev–Trinajstić information content (AvgIpc) is 3.49. The molecule has 0 aliphatic rings. The summed E-state index contributed by atoms with van der Waals surface area (Å²) in [6.07, 6.45) is 38.0. The normalized spacial score (nSPS) is 14.3. The lowest BCUT2D eigenvalue weighted by molar-refractivity contribution is -0.161. The number of ether oxygens (including phenoxy) is 4. The lowest BCUT2D eigenvalue weighted by atomic mass is 10.0. The molecule has 0 amide bonds. The Balaban J connectivity index is 5.16. The molecule has 3 N–H and O–H groups in total. The van der Waals surface area contributed by atoms with Crippen molar-refractivity contribution in [3.05, 3.63) is 0 Å². The van der Waals surface area contributed by atoms with E-state index in [-0.39, 0.29) is 25.7 Å². The van der Waals surface area contributed by atoms with Gasteiger partial charge in [0.15, 0.2) is 12.2 Å². The number of unbranched alkanes of at least 4 members (excludes halogenated alkanes) is 31. The summed E-state index contributed by atoms with van der Waals surface area (Å²) < 4.78 is 67.9. The van der Waals surface area contributed by atoms with Crippen molar-refractivity contribution in [1.29, 1.82) is 0 Å². The number of rotatable bonds is 63. The summed E-state index contributed by atoms with van der Waals surface area (Å²) >= 11 is 0. The van der Waals surface area contributed by atoms with Crippen LogP contribution in [0.1, 0.15) is 318 Å². The number of phosphoric ester groups is 2. The van der Waals surface area contributed by atoms with Crippen molar-refractivity contribution >= 4 is 39.5 Å². The molecule has 498 valence electrons. The first-order chi connectivity index (χ1) is 40.2. The average molecular weight is 1240 g/mol. The van der Waals surface area contributed by atoms with Gasteiger partial charge in [0.05, 0.1) is 26.4 Å². The Kier molecular flexibility index (Phi) is 55.0. The lowest BCUT2D eigenvalue weighted by Crippen LogP contribution is -2.30. The maximum absolute atomic E-state index is 13.0. The lowest BCUT2D eigenvalue weighted by Gasteiger charge is -2.21. The van der Waals surface area contributed by atoms with Gasteiger partial charge in [-0.2, -0.15) is 0 Å². The van der Waals surface area contributed by atoms with Gasteiger partial charge >= 0.3 is 39.5 Å². The molecular formula is C65H126O17P2. The van der Waals surface area contributed by atoms with E-state index in [2.05, 4.69) is 48.5 Å². The molecule has 19 heteroatoms. The molecule has 2 unspecified atom stereocenters. The molecule has 0 rings (SSSR count). The molecule has 0 aliphatic heterocycles. The summed E-state index contributed by atoms with van der Waals surface area (Å²) in [5.41, 5.74) is 0. The molecule has 0 saturated carbocycles. The monoisotopic (exact) mass is 1240 g/mol. The third-order valence-corrected chi connectivity index (χ3v) is 16.8. The number of carbonyl (C=O) groups excluding carboxylic acids is 4. The molecule has 0 bridgehead atoms. The predicted octanol–water partition coefficient (Wildman–Crippen LogP) is 17.9. The molecule has 0 radical (unpaired) electrons. The number of carbonyl (C=O) groups is 4. The van der Waals surface area contributed by atoms with Gasteiger partial charge < -0.3 is 33.8 Å². The van der Waals surface area contributed by atoms with Gasteiger partial charge in [-0.3, -0.25) is 37.3 Å². The minimum atomic E-state index is -4.95. The van der Waals surface area contributed by atoms with Crippen LogP contribution in [-0.4, -0.2) is 96.7 Å². The minimum absolute atomic E-state index is 0.101. The number of hydrogen-bond acceptors (Lipinski definition) is 15. The summed E-state index contributed by atoms with van der Waals surface area (Å²) in [5.74, 6) is 0.00903. The molecule has 0 aromatic rings. The molecule has 0 saturated heterocycles. The van der Waals surface area contributed by atoms with E-state index in [4.69, 9.17) is 37.0 Å². The molecule has 0 fully saturated rings. The van der Waals surface area contributed by atoms with Crippen LogP contribution < -0.4 is 0 Å². The Morgan fingerprint density at radius 3 is 0.810 bits per heavy atom. The van der Waals surface area contributed by atoms with E-state index < -0.39 is 97.5 Å². The Morgan fingerprint density at radius 1 is 0.321 bits per heavy atom. The second-order valence-corrected chi connectivity index (χ2v) is 27.8. The predicted molar refractivity (Wildman–Crippen MR) is 335 cm³/mol. The second-order valence-electron chi connectivity index (χ2n) is 24.9. The van der Waals surface area contributed by atoms with Crippen LogP contribution >= 0.6 is 15.6 Å². The number of hydrogen-bond donors (Lipinski definition) is 3. The molecule has 0 aromatic heterocycles. The van der Waals surface area contributed by atoms with Gasteiger partial charge in [0, 0.05) is 25.7 Å². The molecule has 0 aromatic carbocycles. The maximum atomic E-state index is 13.0. The van der Waals surface area contributed by atoms with E-state index in [1.165, 1.54) is 116 Å². The smallest absolute Gasteiger partial charge is 0.462 e. The van der Waals surface area contributed by atoms with Gasteiger partial charge in [-0.15, -0.1) is 0 Å². The minimum Gasteiger partial charge on any atom is -0.462 e. The highest BCUT2D eigenvalue weighted by atomic mass is 31.2. The quantitative estimate of drug-likeness (QED) is 0.0222. The Bertz CT molecular complexity index is 1660. The molecule has 0 heterocycles. The van der Waals surface area contributed by atoms with Crippen molar-refractivity contribution in [2.45, 2.75) is 336 Å². The van der Waals surface area contributed by atoms with Crippen LogP contribution in [0.2, 0.25) is 0 Å². The van der Waals surface area contributed by atoms with Crippen molar-refractivity contribution < 1.29 is 80.2 Å². The first-order valence-corrected chi connectivity index (χ1v) is 36.8. The van der Waals surface area contributed by atoms with Crippen molar-refractivity contribution in [2.24, 2.45) is 17.8 Å². The first kappa shape index (κ1) is 82.1. The number of aliphatic hydroxyl groups excluding tert-OH is 1. The number of phosphoric acid groups is 2. The van der Waals surface area contributed by atoms with Crippen LogP contribution in [0.3, 0.4) is 0 Å². The third-order valence-electron chi connectivity index (χ3n) is 14.9. The highest BCUT2D eigenvalue weighted by Crippen LogP contribution is 2.45. The van der Waals surface area contributed by atoms with E-state index in [9.17, 15) is 43.2 Å². The topological polar surface area (TPSA) is 237 Å². The summed E-state index contributed by atoms with van der Waals surface area (Å²) in [5, 5.41) is 10.5. The number of aliphatic hydroxyl groups is 1. The van der Waals surface area contributed by atoms with Crippen molar-refractivity contribution in [3.63, 3.8) is 0 Å². The third kappa shape index (κ3) is 59.0. The van der Waals surface area contributed by atoms with E-state index in [0.29, 0.717) is 37.5 Å². The zero-order valence-corrected chi connectivity index (χ0v) is 56.1. The van der Waals surface area contributed by atoms with E-state index >= 15 is 0 Å². The Hall–Kier alpha value is -1.94. The number of esters is 4. The summed E-state index contributed by atoms with van der Waals surface area (Å²) in [6, 6.07) is 0.